The van der Waals surface area contributed by atoms with Crippen molar-refractivity contribution in [3.8, 4) is 5.75 Å². The van der Waals surface area contributed by atoms with Crippen LogP contribution >= 0.6 is 0 Å². The van der Waals surface area contributed by atoms with Crippen molar-refractivity contribution in [1.29, 1.82) is 0 Å². The van der Waals surface area contributed by atoms with Gasteiger partial charge in [0.15, 0.2) is 0 Å². The van der Waals surface area contributed by atoms with E-state index in [2.05, 4.69) is 0 Å². The zero-order valence-electron chi connectivity index (χ0n) is 6.97. The largest absolute Gasteiger partial charge is 0.668 e. The van der Waals surface area contributed by atoms with Crippen LogP contribution in [-0.2, 0) is 29.8 Å². The molecule has 0 bridgehead atoms. The monoisotopic (exact) mass is 215 g/mol. The third-order valence-corrected chi connectivity index (χ3v) is 1.56. The molecule has 0 saturated carbocycles. The maximum Gasteiger partial charge on any atom is 0.115 e. The number of aldehydes is 1. The second-order valence-corrected chi connectivity index (χ2v) is 2.61. The van der Waals surface area contributed by atoms with E-state index in [1.807, 2.05) is 0 Å². The molecule has 0 saturated heterocycles. The Morgan fingerprint density at radius 2 is 1.92 bits per heavy atom. The van der Waals surface area contributed by atoms with Crippen LogP contribution in [0.25, 0.3) is 5.73 Å². The summed E-state index contributed by atoms with van der Waals surface area (Å²) < 4.78 is 0. The number of aromatic hydroxyl groups is 1. The number of nitrogens with one attached hydrogen (secondary N) is 1. The summed E-state index contributed by atoms with van der Waals surface area (Å²) in [6.45, 7) is 0. The minimum atomic E-state index is -0.699. The predicted molar refractivity (Wildman–Crippen MR) is 46.0 cm³/mol. The molecule has 4 heteroatoms. The van der Waals surface area contributed by atoms with Crippen molar-refractivity contribution in [1.82, 2.24) is 0 Å². The Hall–Kier alpha value is -0.766. The van der Waals surface area contributed by atoms with Crippen molar-refractivity contribution in [2.45, 2.75) is 12.5 Å². The minimum Gasteiger partial charge on any atom is -0.668 e. The van der Waals surface area contributed by atoms with Crippen molar-refractivity contribution in [3.63, 3.8) is 0 Å². The number of benzene rings is 1. The van der Waals surface area contributed by atoms with E-state index in [1.165, 1.54) is 0 Å². The molecule has 0 aliphatic rings. The molecule has 0 unspecified atom stereocenters. The Balaban J connectivity index is 0.00000144. The van der Waals surface area contributed by atoms with Crippen LogP contribution in [0.4, 0.5) is 0 Å². The fourth-order valence-corrected chi connectivity index (χ4v) is 0.934. The molecule has 0 amide bonds. The molecule has 1 radical (unpaired) electrons. The number of hydrogen-bond donors (Lipinski definition) is 1. The molecule has 69 valence electrons. The van der Waals surface area contributed by atoms with E-state index >= 15 is 0 Å². The van der Waals surface area contributed by atoms with Gasteiger partial charge in [0.1, 0.15) is 12.0 Å². The van der Waals surface area contributed by atoms with Crippen LogP contribution in [0, 0.1) is 0 Å². The summed E-state index contributed by atoms with van der Waals surface area (Å²) in [5.74, 6) is 0.200. The molecule has 2 N–H and O–H groups in total. The molecule has 13 heavy (non-hydrogen) atoms. The van der Waals surface area contributed by atoms with E-state index in [0.717, 1.165) is 5.56 Å². The number of phenols is 1. The summed E-state index contributed by atoms with van der Waals surface area (Å²) >= 11 is 0. The molecule has 0 spiro atoms. The fourth-order valence-electron chi connectivity index (χ4n) is 0.934. The summed E-state index contributed by atoms with van der Waals surface area (Å²) in [6.07, 6.45) is 1.01. The Bertz CT molecular complexity index is 261. The normalized spacial score (nSPS) is 11.5. The second-order valence-electron chi connectivity index (χ2n) is 2.61. The van der Waals surface area contributed by atoms with E-state index in [0.29, 0.717) is 12.7 Å². The van der Waals surface area contributed by atoms with Crippen molar-refractivity contribution in [2.75, 3.05) is 0 Å². The Labute approximate surface area is 88.8 Å². The molecule has 0 fully saturated rings. The van der Waals surface area contributed by atoms with Gasteiger partial charge in [0, 0.05) is 18.6 Å². The van der Waals surface area contributed by atoms with Gasteiger partial charge in [0.25, 0.3) is 0 Å². The van der Waals surface area contributed by atoms with Crippen LogP contribution in [0.2, 0.25) is 0 Å². The van der Waals surface area contributed by atoms with Crippen molar-refractivity contribution in [2.24, 2.45) is 0 Å². The van der Waals surface area contributed by atoms with E-state index in [1.54, 1.807) is 24.3 Å². The van der Waals surface area contributed by atoms with Gasteiger partial charge in [-0.05, 0) is 24.1 Å². The average Bonchev–Trinajstić information content (AvgIpc) is 2.09. The van der Waals surface area contributed by atoms with Gasteiger partial charge in [-0.1, -0.05) is 18.2 Å². The zero-order valence-corrected chi connectivity index (χ0v) is 8.37. The van der Waals surface area contributed by atoms with Crippen LogP contribution in [0.5, 0.6) is 5.75 Å². The zero-order chi connectivity index (χ0) is 8.97. The molecule has 0 aliphatic carbocycles. The number of phenolic OH excluding ortho intramolecular Hbond substituents is 1. The van der Waals surface area contributed by atoms with Gasteiger partial charge in [-0.25, -0.2) is 0 Å². The summed E-state index contributed by atoms with van der Waals surface area (Å²) in [6, 6.07) is 5.81. The maximum atomic E-state index is 10.1. The van der Waals surface area contributed by atoms with Crippen LogP contribution in [-0.4, -0.2) is 17.4 Å². The van der Waals surface area contributed by atoms with Crippen molar-refractivity contribution >= 4 is 6.29 Å². The second kappa shape index (κ2) is 5.81. The van der Waals surface area contributed by atoms with Crippen molar-refractivity contribution < 1.29 is 28.5 Å². The van der Waals surface area contributed by atoms with Gasteiger partial charge in [0.2, 0.25) is 0 Å². The van der Waals surface area contributed by atoms with E-state index in [4.69, 9.17) is 10.8 Å². The van der Waals surface area contributed by atoms with Gasteiger partial charge in [-0.3, -0.25) is 0 Å². The molecular formula is C9H10NO2V-. The topological polar surface area (TPSA) is 61.1 Å². The molecule has 3 nitrogen and oxygen atoms in total. The van der Waals surface area contributed by atoms with E-state index in [9.17, 15) is 4.79 Å². The first-order valence-electron chi connectivity index (χ1n) is 3.66. The third kappa shape index (κ3) is 4.13. The Morgan fingerprint density at radius 3 is 2.38 bits per heavy atom. The number of rotatable bonds is 3. The minimum absolute atomic E-state index is 0. The first-order valence-corrected chi connectivity index (χ1v) is 3.66. The molecule has 0 aromatic heterocycles. The van der Waals surface area contributed by atoms with Gasteiger partial charge in [0.05, 0.1) is 0 Å². The summed E-state index contributed by atoms with van der Waals surface area (Å²) in [5.41, 5.74) is 8.07. The fraction of sp³-hybridized carbons (Fsp3) is 0.222. The molecule has 0 aliphatic heterocycles. The summed E-state index contributed by atoms with van der Waals surface area (Å²) in [7, 11) is 0. The number of hydrogen-bond acceptors (Lipinski definition) is 2. The van der Waals surface area contributed by atoms with Crippen molar-refractivity contribution in [3.05, 3.63) is 35.6 Å². The van der Waals surface area contributed by atoms with Crippen LogP contribution < -0.4 is 0 Å². The third-order valence-electron chi connectivity index (χ3n) is 1.56. The average molecular weight is 215 g/mol. The first-order chi connectivity index (χ1) is 5.72. The van der Waals surface area contributed by atoms with E-state index in [-0.39, 0.29) is 24.3 Å². The maximum absolute atomic E-state index is 10.1. The van der Waals surface area contributed by atoms with Gasteiger partial charge in [-0.2, -0.15) is 0 Å². The Morgan fingerprint density at radius 1 is 1.38 bits per heavy atom. The predicted octanol–water partition coefficient (Wildman–Crippen LogP) is 1.55. The summed E-state index contributed by atoms with van der Waals surface area (Å²) in [4.78, 5) is 10.1. The quantitative estimate of drug-likeness (QED) is 0.777. The molecular weight excluding hydrogens is 205 g/mol. The molecule has 1 aromatic rings. The standard InChI is InChI=1S/C9H10NO2.V/c10-8(6-11)5-7-1-3-9(12)4-2-7;/h1-4,6,8,10,12H,5H2;/q-1;/t8-;/m0./s1. The first kappa shape index (κ1) is 12.2. The van der Waals surface area contributed by atoms with Crippen LogP contribution in [0.3, 0.4) is 0 Å². The SMILES string of the molecule is [NH-][C@H](C=O)Cc1ccc(O)cc1.[V]. The number of carbonyl (C=O) groups is 1. The summed E-state index contributed by atoms with van der Waals surface area (Å²) in [5, 5.41) is 8.93. The number of carbonyl (C=O) groups excluding carboxylic acids is 1. The van der Waals surface area contributed by atoms with E-state index < -0.39 is 6.04 Å². The molecule has 0 heterocycles. The molecule has 1 aromatic carbocycles. The van der Waals surface area contributed by atoms with Gasteiger partial charge < -0.3 is 15.6 Å². The molecule has 1 atom stereocenters. The van der Waals surface area contributed by atoms with Gasteiger partial charge in [-0.15, -0.1) is 0 Å². The molecule has 1 rings (SSSR count). The Kier molecular flexibility index (Phi) is 5.47. The smallest absolute Gasteiger partial charge is 0.115 e. The van der Waals surface area contributed by atoms with Gasteiger partial charge >= 0.3 is 0 Å². The van der Waals surface area contributed by atoms with Crippen LogP contribution in [0.15, 0.2) is 24.3 Å². The van der Waals surface area contributed by atoms with Crippen LogP contribution in [0.1, 0.15) is 5.56 Å².